The number of hydrogen-bond donors (Lipinski definition) is 1. The van der Waals surface area contributed by atoms with E-state index in [1.807, 2.05) is 24.3 Å². The van der Waals surface area contributed by atoms with E-state index < -0.39 is 17.8 Å². The van der Waals surface area contributed by atoms with Crippen LogP contribution in [0.2, 0.25) is 0 Å². The van der Waals surface area contributed by atoms with Gasteiger partial charge in [-0.1, -0.05) is 38.8 Å². The molecule has 0 spiro atoms. The van der Waals surface area contributed by atoms with Crippen LogP contribution < -0.4 is 10.4 Å². The lowest BCUT2D eigenvalue weighted by molar-refractivity contribution is -0.313. The van der Waals surface area contributed by atoms with E-state index in [4.69, 9.17) is 0 Å². The number of hydrogen-bond acceptors (Lipinski definition) is 3. The smallest absolute Gasteiger partial charge is 0.228 e. The Kier molecular flexibility index (Phi) is 4.99. The molecule has 0 unspecified atom stereocenters. The topological polar surface area (TPSA) is 69.2 Å². The van der Waals surface area contributed by atoms with Crippen molar-refractivity contribution in [3.63, 3.8) is 0 Å². The van der Waals surface area contributed by atoms with Gasteiger partial charge in [0.2, 0.25) is 5.91 Å². The van der Waals surface area contributed by atoms with Crippen molar-refractivity contribution in [1.29, 1.82) is 0 Å². The van der Waals surface area contributed by atoms with Gasteiger partial charge in [-0.3, -0.25) is 4.79 Å². The summed E-state index contributed by atoms with van der Waals surface area (Å²) in [5.74, 6) is -2.01. The van der Waals surface area contributed by atoms with Crippen LogP contribution in [0.25, 0.3) is 0 Å². The molecule has 0 saturated heterocycles. The second-order valence-corrected chi connectivity index (χ2v) is 6.08. The zero-order valence-corrected chi connectivity index (χ0v) is 12.6. The Balaban J connectivity index is 2.04. The van der Waals surface area contributed by atoms with E-state index in [2.05, 4.69) is 19.2 Å². The molecular formula is C17H22NO3-. The quantitative estimate of drug-likeness (QED) is 0.924. The molecule has 114 valence electrons. The average molecular weight is 288 g/mol. The highest BCUT2D eigenvalue weighted by molar-refractivity contribution is 5.95. The summed E-state index contributed by atoms with van der Waals surface area (Å²) in [5, 5.41) is 14.0. The lowest BCUT2D eigenvalue weighted by Gasteiger charge is -2.31. The van der Waals surface area contributed by atoms with Crippen molar-refractivity contribution < 1.29 is 14.7 Å². The highest BCUT2D eigenvalue weighted by atomic mass is 16.4. The maximum Gasteiger partial charge on any atom is 0.228 e. The summed E-state index contributed by atoms with van der Waals surface area (Å²) < 4.78 is 0. The molecule has 2 rings (SSSR count). The SMILES string of the molecule is CC(C)c1ccc(NC(=O)[C@H]2CCCC[C@H]2C(=O)[O-])cc1. The molecule has 1 amide bonds. The molecule has 1 aliphatic carbocycles. The summed E-state index contributed by atoms with van der Waals surface area (Å²) in [6.45, 7) is 4.22. The largest absolute Gasteiger partial charge is 0.550 e. The summed E-state index contributed by atoms with van der Waals surface area (Å²) in [5.41, 5.74) is 1.92. The molecule has 4 heteroatoms. The minimum atomic E-state index is -1.11. The Morgan fingerprint density at radius 2 is 1.67 bits per heavy atom. The third kappa shape index (κ3) is 3.84. The fourth-order valence-corrected chi connectivity index (χ4v) is 2.91. The maximum atomic E-state index is 12.3. The molecule has 21 heavy (non-hydrogen) atoms. The van der Waals surface area contributed by atoms with E-state index in [9.17, 15) is 14.7 Å². The number of rotatable bonds is 4. The number of benzene rings is 1. The summed E-state index contributed by atoms with van der Waals surface area (Å²) >= 11 is 0. The van der Waals surface area contributed by atoms with Crippen LogP contribution >= 0.6 is 0 Å². The van der Waals surface area contributed by atoms with Gasteiger partial charge in [0.15, 0.2) is 0 Å². The van der Waals surface area contributed by atoms with Gasteiger partial charge in [0.05, 0.1) is 0 Å². The summed E-state index contributed by atoms with van der Waals surface area (Å²) in [6.07, 6.45) is 2.90. The molecule has 2 atom stereocenters. The molecule has 1 N–H and O–H groups in total. The molecule has 1 fully saturated rings. The monoisotopic (exact) mass is 288 g/mol. The minimum Gasteiger partial charge on any atom is -0.550 e. The van der Waals surface area contributed by atoms with Gasteiger partial charge in [-0.2, -0.15) is 0 Å². The first-order valence-corrected chi connectivity index (χ1v) is 7.60. The van der Waals surface area contributed by atoms with Crippen LogP contribution in [-0.4, -0.2) is 11.9 Å². The number of aliphatic carboxylic acids is 1. The lowest BCUT2D eigenvalue weighted by atomic mass is 9.78. The Morgan fingerprint density at radius 3 is 2.19 bits per heavy atom. The third-order valence-electron chi connectivity index (χ3n) is 4.25. The standard InChI is InChI=1S/C17H23NO3/c1-11(2)12-7-9-13(10-8-12)18-16(19)14-5-3-4-6-15(14)17(20)21/h7-11,14-15H,3-6H2,1-2H3,(H,18,19)(H,20,21)/p-1/t14-,15+/m0/s1. The molecule has 0 radical (unpaired) electrons. The van der Waals surface area contributed by atoms with E-state index in [1.165, 1.54) is 5.56 Å². The van der Waals surface area contributed by atoms with E-state index in [0.29, 0.717) is 24.4 Å². The van der Waals surface area contributed by atoms with E-state index in [1.54, 1.807) is 0 Å². The van der Waals surface area contributed by atoms with Crippen molar-refractivity contribution in [2.45, 2.75) is 45.4 Å². The molecule has 0 aromatic heterocycles. The number of carbonyl (C=O) groups excluding carboxylic acids is 2. The number of nitrogens with one attached hydrogen (secondary N) is 1. The second kappa shape index (κ2) is 6.74. The van der Waals surface area contributed by atoms with Crippen molar-refractivity contribution in [3.8, 4) is 0 Å². The summed E-state index contributed by atoms with van der Waals surface area (Å²) in [6, 6.07) is 7.70. The lowest BCUT2D eigenvalue weighted by Crippen LogP contribution is -2.42. The zero-order chi connectivity index (χ0) is 15.4. The predicted octanol–water partition coefficient (Wildman–Crippen LogP) is 2.30. The third-order valence-corrected chi connectivity index (χ3v) is 4.25. The van der Waals surface area contributed by atoms with Crippen molar-refractivity contribution in [1.82, 2.24) is 0 Å². The Bertz CT molecular complexity index is 507. The average Bonchev–Trinajstić information content (AvgIpc) is 2.47. The number of carboxylic acid groups (broad SMARTS) is 1. The summed E-state index contributed by atoms with van der Waals surface area (Å²) in [4.78, 5) is 23.4. The Hall–Kier alpha value is -1.84. The van der Waals surface area contributed by atoms with Crippen LogP contribution in [0.1, 0.15) is 51.0 Å². The fourth-order valence-electron chi connectivity index (χ4n) is 2.91. The fraction of sp³-hybridized carbons (Fsp3) is 0.529. The molecule has 1 aliphatic rings. The van der Waals surface area contributed by atoms with Crippen LogP contribution in [0.5, 0.6) is 0 Å². The van der Waals surface area contributed by atoms with Crippen molar-refractivity contribution in [2.75, 3.05) is 5.32 Å². The van der Waals surface area contributed by atoms with Gasteiger partial charge in [0.1, 0.15) is 0 Å². The highest BCUT2D eigenvalue weighted by Gasteiger charge is 2.31. The number of anilines is 1. The normalized spacial score (nSPS) is 22.0. The highest BCUT2D eigenvalue weighted by Crippen LogP contribution is 2.30. The van der Waals surface area contributed by atoms with Gasteiger partial charge in [0.25, 0.3) is 0 Å². The Morgan fingerprint density at radius 1 is 1.10 bits per heavy atom. The van der Waals surface area contributed by atoms with Crippen LogP contribution in [-0.2, 0) is 9.59 Å². The van der Waals surface area contributed by atoms with Crippen molar-refractivity contribution in [3.05, 3.63) is 29.8 Å². The first-order chi connectivity index (χ1) is 9.99. The van der Waals surface area contributed by atoms with Gasteiger partial charge in [-0.05, 0) is 36.5 Å². The first-order valence-electron chi connectivity index (χ1n) is 7.60. The van der Waals surface area contributed by atoms with Gasteiger partial charge < -0.3 is 15.2 Å². The van der Waals surface area contributed by atoms with Gasteiger partial charge >= 0.3 is 0 Å². The molecule has 4 nitrogen and oxygen atoms in total. The number of amides is 1. The summed E-state index contributed by atoms with van der Waals surface area (Å²) in [7, 11) is 0. The van der Waals surface area contributed by atoms with E-state index in [0.717, 1.165) is 12.8 Å². The number of carbonyl (C=O) groups is 2. The molecular weight excluding hydrogens is 266 g/mol. The Labute approximate surface area is 125 Å². The molecule has 1 aromatic carbocycles. The molecule has 0 heterocycles. The molecule has 0 aliphatic heterocycles. The second-order valence-electron chi connectivity index (χ2n) is 6.08. The molecule has 0 bridgehead atoms. The van der Waals surface area contributed by atoms with Gasteiger partial charge in [0, 0.05) is 23.5 Å². The van der Waals surface area contributed by atoms with Crippen molar-refractivity contribution >= 4 is 17.6 Å². The van der Waals surface area contributed by atoms with Crippen LogP contribution in [0.4, 0.5) is 5.69 Å². The molecule has 1 aromatic rings. The van der Waals surface area contributed by atoms with Gasteiger partial charge in [-0.15, -0.1) is 0 Å². The zero-order valence-electron chi connectivity index (χ0n) is 12.6. The predicted molar refractivity (Wildman–Crippen MR) is 79.6 cm³/mol. The van der Waals surface area contributed by atoms with Crippen molar-refractivity contribution in [2.24, 2.45) is 11.8 Å². The number of carboxylic acids is 1. The van der Waals surface area contributed by atoms with Crippen LogP contribution in [0, 0.1) is 11.8 Å². The van der Waals surface area contributed by atoms with E-state index >= 15 is 0 Å². The van der Waals surface area contributed by atoms with E-state index in [-0.39, 0.29) is 5.91 Å². The van der Waals surface area contributed by atoms with Crippen LogP contribution in [0.15, 0.2) is 24.3 Å². The first kappa shape index (κ1) is 15.5. The molecule has 1 saturated carbocycles. The van der Waals surface area contributed by atoms with Gasteiger partial charge in [-0.25, -0.2) is 0 Å². The van der Waals surface area contributed by atoms with Crippen LogP contribution in [0.3, 0.4) is 0 Å². The maximum absolute atomic E-state index is 12.3. The minimum absolute atomic E-state index is 0.207.